The van der Waals surface area contributed by atoms with Crippen LogP contribution in [0.1, 0.15) is 5.69 Å². The van der Waals surface area contributed by atoms with Gasteiger partial charge in [0.1, 0.15) is 13.2 Å². The highest BCUT2D eigenvalue weighted by Gasteiger charge is 2.10. The number of nitrogens with one attached hydrogen (secondary N) is 2. The van der Waals surface area contributed by atoms with E-state index in [1.807, 2.05) is 5.32 Å². The van der Waals surface area contributed by atoms with Gasteiger partial charge in [0.15, 0.2) is 5.82 Å². The number of carbonyl (C=O) groups excluding carboxylic acids is 2. The first kappa shape index (κ1) is 14.6. The zero-order chi connectivity index (χ0) is 14.4. The first-order chi connectivity index (χ1) is 8.88. The van der Waals surface area contributed by atoms with Gasteiger partial charge in [0.25, 0.3) is 5.91 Å². The number of hydrogen-bond acceptors (Lipinski definition) is 5. The number of rotatable bonds is 5. The molecule has 1 rings (SSSR count). The number of nitrogens with zero attached hydrogens (tertiary/aromatic N) is 2. The van der Waals surface area contributed by atoms with Crippen LogP contribution in [0.15, 0.2) is 6.07 Å². The molecule has 9 nitrogen and oxygen atoms in total. The Hall–Kier alpha value is -2.42. The standard InChI is InChI=1S/C10H14N4O5/c1-6-3-7(13-14(6)2)11-10(18)12-8(15)4-19-5-9(16)17/h3H,4-5H2,1-2H3,(H,16,17)(H2,11,12,13,15,18). The number of carboxylic acid groups (broad SMARTS) is 1. The fourth-order valence-electron chi connectivity index (χ4n) is 1.16. The molecule has 0 fully saturated rings. The summed E-state index contributed by atoms with van der Waals surface area (Å²) >= 11 is 0. The highest BCUT2D eigenvalue weighted by molar-refractivity contribution is 6.01. The number of urea groups is 1. The number of amides is 3. The molecule has 0 atom stereocenters. The fourth-order valence-corrected chi connectivity index (χ4v) is 1.16. The van der Waals surface area contributed by atoms with Crippen LogP contribution >= 0.6 is 0 Å². The lowest BCUT2D eigenvalue weighted by Crippen LogP contribution is -2.37. The van der Waals surface area contributed by atoms with Crippen LogP contribution in [0.4, 0.5) is 10.6 Å². The van der Waals surface area contributed by atoms with E-state index in [1.54, 1.807) is 24.7 Å². The molecule has 0 bridgehead atoms. The summed E-state index contributed by atoms with van der Waals surface area (Å²) in [6, 6.07) is 0.868. The third-order valence-corrected chi connectivity index (χ3v) is 2.07. The molecule has 0 aromatic carbocycles. The van der Waals surface area contributed by atoms with Crippen LogP contribution in [-0.2, 0) is 21.4 Å². The number of anilines is 1. The number of aliphatic carboxylic acids is 1. The monoisotopic (exact) mass is 270 g/mol. The number of ether oxygens (including phenoxy) is 1. The molecule has 0 radical (unpaired) electrons. The number of imide groups is 1. The second-order valence-corrected chi connectivity index (χ2v) is 3.68. The van der Waals surface area contributed by atoms with Crippen LogP contribution < -0.4 is 10.6 Å². The van der Waals surface area contributed by atoms with E-state index < -0.39 is 31.1 Å². The van der Waals surface area contributed by atoms with Gasteiger partial charge in [0, 0.05) is 18.8 Å². The Kier molecular flexibility index (Phi) is 5.01. The second kappa shape index (κ2) is 6.50. The summed E-state index contributed by atoms with van der Waals surface area (Å²) in [6.45, 7) is 0.691. The van der Waals surface area contributed by atoms with Crippen LogP contribution in [0.25, 0.3) is 0 Å². The lowest BCUT2D eigenvalue weighted by Gasteiger charge is -2.04. The highest BCUT2D eigenvalue weighted by Crippen LogP contribution is 2.05. The van der Waals surface area contributed by atoms with E-state index in [1.165, 1.54) is 0 Å². The number of carbonyl (C=O) groups is 3. The third kappa shape index (κ3) is 5.17. The van der Waals surface area contributed by atoms with Crippen molar-refractivity contribution in [1.82, 2.24) is 15.1 Å². The van der Waals surface area contributed by atoms with Crippen molar-refractivity contribution < 1.29 is 24.2 Å². The molecule has 19 heavy (non-hydrogen) atoms. The van der Waals surface area contributed by atoms with Gasteiger partial charge in [0.05, 0.1) is 0 Å². The number of hydrogen-bond donors (Lipinski definition) is 3. The fraction of sp³-hybridized carbons (Fsp3) is 0.400. The molecule has 3 N–H and O–H groups in total. The maximum absolute atomic E-state index is 11.4. The predicted molar refractivity (Wildman–Crippen MR) is 63.6 cm³/mol. The van der Waals surface area contributed by atoms with Crippen LogP contribution in [0.5, 0.6) is 0 Å². The largest absolute Gasteiger partial charge is 0.480 e. The van der Waals surface area contributed by atoms with Gasteiger partial charge in [-0.2, -0.15) is 5.10 Å². The van der Waals surface area contributed by atoms with Crippen LogP contribution in [0.3, 0.4) is 0 Å². The molecule has 9 heteroatoms. The Morgan fingerprint density at radius 3 is 2.63 bits per heavy atom. The molecule has 3 amide bonds. The van der Waals surface area contributed by atoms with Crippen molar-refractivity contribution in [2.24, 2.45) is 7.05 Å². The molecule has 1 aromatic rings. The molecule has 1 aromatic heterocycles. The first-order valence-electron chi connectivity index (χ1n) is 5.29. The highest BCUT2D eigenvalue weighted by atomic mass is 16.5. The van der Waals surface area contributed by atoms with Gasteiger partial charge < -0.3 is 9.84 Å². The summed E-state index contributed by atoms with van der Waals surface area (Å²) in [5.41, 5.74) is 0.839. The average Bonchev–Trinajstić information content (AvgIpc) is 2.56. The zero-order valence-corrected chi connectivity index (χ0v) is 10.5. The van der Waals surface area contributed by atoms with Crippen molar-refractivity contribution >= 4 is 23.7 Å². The molecule has 0 spiro atoms. The number of aryl methyl sites for hydroxylation is 2. The minimum Gasteiger partial charge on any atom is -0.480 e. The normalized spacial score (nSPS) is 10.0. The third-order valence-electron chi connectivity index (χ3n) is 2.07. The molecule has 0 aliphatic heterocycles. The Bertz CT molecular complexity index is 477. The van der Waals surface area contributed by atoms with Crippen molar-refractivity contribution in [3.05, 3.63) is 11.8 Å². The van der Waals surface area contributed by atoms with Crippen LogP contribution in [-0.4, -0.2) is 46.0 Å². The minimum absolute atomic E-state index is 0.303. The summed E-state index contributed by atoms with van der Waals surface area (Å²) in [7, 11) is 1.71. The van der Waals surface area contributed by atoms with Crippen molar-refractivity contribution in [2.45, 2.75) is 6.92 Å². The van der Waals surface area contributed by atoms with E-state index in [0.29, 0.717) is 5.82 Å². The van der Waals surface area contributed by atoms with E-state index in [4.69, 9.17) is 5.11 Å². The van der Waals surface area contributed by atoms with E-state index >= 15 is 0 Å². The van der Waals surface area contributed by atoms with Crippen LogP contribution in [0, 0.1) is 6.92 Å². The minimum atomic E-state index is -1.19. The smallest absolute Gasteiger partial charge is 0.329 e. The van der Waals surface area contributed by atoms with Crippen LogP contribution in [0.2, 0.25) is 0 Å². The SMILES string of the molecule is Cc1cc(NC(=O)NC(=O)COCC(=O)O)nn1C. The van der Waals surface area contributed by atoms with Gasteiger partial charge in [-0.05, 0) is 6.92 Å². The van der Waals surface area contributed by atoms with Gasteiger partial charge >= 0.3 is 12.0 Å². The summed E-state index contributed by atoms with van der Waals surface area (Å²) in [6.07, 6.45) is 0. The maximum atomic E-state index is 11.4. The predicted octanol–water partition coefficient (Wildman–Crippen LogP) is -0.522. The quantitative estimate of drug-likeness (QED) is 0.661. The van der Waals surface area contributed by atoms with Crippen molar-refractivity contribution in [3.8, 4) is 0 Å². The molecule has 0 saturated carbocycles. The summed E-state index contributed by atoms with van der Waals surface area (Å²) in [5, 5.41) is 16.6. The van der Waals surface area contributed by atoms with Gasteiger partial charge in [-0.1, -0.05) is 0 Å². The number of carboxylic acids is 1. The molecular weight excluding hydrogens is 256 g/mol. The lowest BCUT2D eigenvalue weighted by atomic mass is 10.4. The molecule has 0 unspecified atom stereocenters. The molecular formula is C10H14N4O5. The molecule has 0 aliphatic rings. The van der Waals surface area contributed by atoms with Gasteiger partial charge in [-0.15, -0.1) is 0 Å². The second-order valence-electron chi connectivity index (χ2n) is 3.68. The van der Waals surface area contributed by atoms with Crippen molar-refractivity contribution in [1.29, 1.82) is 0 Å². The molecule has 0 aliphatic carbocycles. The zero-order valence-electron chi connectivity index (χ0n) is 10.5. The number of aromatic nitrogens is 2. The lowest BCUT2D eigenvalue weighted by molar-refractivity contribution is -0.143. The van der Waals surface area contributed by atoms with Crippen molar-refractivity contribution in [3.63, 3.8) is 0 Å². The molecule has 104 valence electrons. The van der Waals surface area contributed by atoms with Gasteiger partial charge in [0.2, 0.25) is 0 Å². The van der Waals surface area contributed by atoms with Crippen molar-refractivity contribution in [2.75, 3.05) is 18.5 Å². The van der Waals surface area contributed by atoms with Gasteiger partial charge in [-0.3, -0.25) is 20.1 Å². The van der Waals surface area contributed by atoms with E-state index in [9.17, 15) is 14.4 Å². The van der Waals surface area contributed by atoms with E-state index in [-0.39, 0.29) is 0 Å². The Balaban J connectivity index is 2.34. The van der Waals surface area contributed by atoms with E-state index in [0.717, 1.165) is 5.69 Å². The molecule has 0 saturated heterocycles. The first-order valence-corrected chi connectivity index (χ1v) is 5.29. The molecule has 1 heterocycles. The Morgan fingerprint density at radius 1 is 1.42 bits per heavy atom. The summed E-state index contributed by atoms with van der Waals surface area (Å²) in [4.78, 5) is 32.7. The Morgan fingerprint density at radius 2 is 2.11 bits per heavy atom. The van der Waals surface area contributed by atoms with Gasteiger partial charge in [-0.25, -0.2) is 9.59 Å². The summed E-state index contributed by atoms with van der Waals surface area (Å²) in [5.74, 6) is -1.63. The average molecular weight is 270 g/mol. The van der Waals surface area contributed by atoms with E-state index in [2.05, 4.69) is 15.2 Å². The summed E-state index contributed by atoms with van der Waals surface area (Å²) < 4.78 is 6.08. The topological polar surface area (TPSA) is 123 Å². The Labute approximate surface area is 108 Å². The maximum Gasteiger partial charge on any atom is 0.329 e.